The van der Waals surface area contributed by atoms with Crippen LogP contribution in [0.2, 0.25) is 0 Å². The van der Waals surface area contributed by atoms with Crippen LogP contribution in [0.1, 0.15) is 19.3 Å². The third-order valence-corrected chi connectivity index (χ3v) is 3.26. The zero-order valence-corrected chi connectivity index (χ0v) is 12.5. The van der Waals surface area contributed by atoms with E-state index >= 15 is 0 Å². The summed E-state index contributed by atoms with van der Waals surface area (Å²) in [6.45, 7) is 0.766. The van der Waals surface area contributed by atoms with Crippen LogP contribution in [-0.2, 0) is 0 Å². The van der Waals surface area contributed by atoms with E-state index in [-0.39, 0.29) is 36.0 Å². The normalized spacial score (nSPS) is 17.5. The highest BCUT2D eigenvalue weighted by molar-refractivity contribution is 14.0. The molecule has 0 spiro atoms. The molecule has 0 unspecified atom stereocenters. The molecule has 5 nitrogen and oxygen atoms in total. The van der Waals surface area contributed by atoms with Gasteiger partial charge in [-0.25, -0.2) is 4.98 Å². The van der Waals surface area contributed by atoms with E-state index in [0.717, 1.165) is 12.8 Å². The number of pyridine rings is 1. The number of aliphatic imine (C=N–C) groups is 1. The molecule has 0 aromatic carbocycles. The summed E-state index contributed by atoms with van der Waals surface area (Å²) in [5, 5.41) is 12.2. The quantitative estimate of drug-likeness (QED) is 0.432. The second kappa shape index (κ2) is 6.89. The van der Waals surface area contributed by atoms with Crippen molar-refractivity contribution in [1.82, 2.24) is 4.98 Å². The molecule has 0 aliphatic heterocycles. The van der Waals surface area contributed by atoms with Crippen molar-refractivity contribution < 1.29 is 5.11 Å². The summed E-state index contributed by atoms with van der Waals surface area (Å²) in [6.07, 6.45) is 4.92. The van der Waals surface area contributed by atoms with Crippen LogP contribution in [0.25, 0.3) is 0 Å². The van der Waals surface area contributed by atoms with Gasteiger partial charge in [0.05, 0.1) is 13.2 Å². The maximum atomic E-state index is 9.30. The highest BCUT2D eigenvalue weighted by Crippen LogP contribution is 2.40. The van der Waals surface area contributed by atoms with Gasteiger partial charge in [0.1, 0.15) is 5.82 Å². The average molecular weight is 362 g/mol. The van der Waals surface area contributed by atoms with Crippen LogP contribution in [-0.4, -0.2) is 29.2 Å². The second-order valence-corrected chi connectivity index (χ2v) is 4.55. The number of aliphatic hydroxyl groups excluding tert-OH is 1. The summed E-state index contributed by atoms with van der Waals surface area (Å²) in [6, 6.07) is 5.55. The Hall–Kier alpha value is -0.890. The number of aliphatic hydroxyl groups is 1. The first-order valence-corrected chi connectivity index (χ1v) is 5.83. The van der Waals surface area contributed by atoms with E-state index in [2.05, 4.69) is 15.3 Å². The van der Waals surface area contributed by atoms with Crippen molar-refractivity contribution in [1.29, 1.82) is 0 Å². The predicted molar refractivity (Wildman–Crippen MR) is 83.1 cm³/mol. The molecule has 6 heteroatoms. The highest BCUT2D eigenvalue weighted by Gasteiger charge is 2.36. The summed E-state index contributed by atoms with van der Waals surface area (Å²) in [7, 11) is 0. The minimum Gasteiger partial charge on any atom is -0.396 e. The van der Waals surface area contributed by atoms with E-state index < -0.39 is 0 Å². The minimum atomic E-state index is -0.0313. The Balaban J connectivity index is 0.00000162. The first kappa shape index (κ1) is 15.2. The minimum absolute atomic E-state index is 0. The van der Waals surface area contributed by atoms with Gasteiger partial charge >= 0.3 is 0 Å². The fourth-order valence-corrected chi connectivity index (χ4v) is 1.90. The first-order valence-electron chi connectivity index (χ1n) is 5.83. The van der Waals surface area contributed by atoms with Crippen LogP contribution >= 0.6 is 24.0 Å². The van der Waals surface area contributed by atoms with Crippen molar-refractivity contribution >= 4 is 35.8 Å². The molecule has 1 aromatic heterocycles. The zero-order valence-electron chi connectivity index (χ0n) is 10.2. The number of nitrogens with two attached hydrogens (primary N) is 1. The summed E-state index contributed by atoms with van der Waals surface area (Å²) in [4.78, 5) is 8.36. The third kappa shape index (κ3) is 3.81. The lowest BCUT2D eigenvalue weighted by atomic mass is 9.69. The van der Waals surface area contributed by atoms with Crippen LogP contribution in [0.5, 0.6) is 0 Å². The molecular weight excluding hydrogens is 343 g/mol. The number of nitrogens with one attached hydrogen (secondary N) is 1. The highest BCUT2D eigenvalue weighted by atomic mass is 127. The number of aromatic nitrogens is 1. The van der Waals surface area contributed by atoms with Crippen LogP contribution in [0, 0.1) is 5.41 Å². The maximum absolute atomic E-state index is 9.30. The van der Waals surface area contributed by atoms with Gasteiger partial charge < -0.3 is 16.2 Å². The van der Waals surface area contributed by atoms with Crippen molar-refractivity contribution in [2.45, 2.75) is 19.3 Å². The van der Waals surface area contributed by atoms with Crippen molar-refractivity contribution in [3.63, 3.8) is 0 Å². The van der Waals surface area contributed by atoms with Gasteiger partial charge in [0.15, 0.2) is 5.96 Å². The van der Waals surface area contributed by atoms with E-state index in [9.17, 15) is 5.11 Å². The molecule has 0 saturated heterocycles. The summed E-state index contributed by atoms with van der Waals surface area (Å²) >= 11 is 0. The predicted octanol–water partition coefficient (Wildman–Crippen LogP) is 1.59. The Morgan fingerprint density at radius 2 is 2.28 bits per heavy atom. The van der Waals surface area contributed by atoms with Gasteiger partial charge in [0.2, 0.25) is 0 Å². The molecule has 1 aliphatic carbocycles. The zero-order chi connectivity index (χ0) is 12.1. The van der Waals surface area contributed by atoms with Gasteiger partial charge in [-0.3, -0.25) is 4.99 Å². The van der Waals surface area contributed by atoms with Crippen molar-refractivity contribution in [3.05, 3.63) is 24.4 Å². The molecule has 0 atom stereocenters. The van der Waals surface area contributed by atoms with E-state index in [4.69, 9.17) is 5.73 Å². The Labute approximate surface area is 124 Å². The van der Waals surface area contributed by atoms with E-state index in [1.165, 1.54) is 6.42 Å². The third-order valence-electron chi connectivity index (χ3n) is 3.26. The van der Waals surface area contributed by atoms with Crippen LogP contribution in [0.4, 0.5) is 5.82 Å². The molecule has 1 aromatic rings. The van der Waals surface area contributed by atoms with E-state index in [1.807, 2.05) is 18.2 Å². The average Bonchev–Trinajstić information content (AvgIpc) is 2.29. The van der Waals surface area contributed by atoms with Gasteiger partial charge in [-0.15, -0.1) is 24.0 Å². The van der Waals surface area contributed by atoms with E-state index in [1.54, 1.807) is 6.20 Å². The molecule has 2 rings (SSSR count). The number of anilines is 1. The van der Waals surface area contributed by atoms with Crippen molar-refractivity contribution in [2.24, 2.45) is 16.1 Å². The molecule has 0 bridgehead atoms. The number of rotatable bonds is 4. The molecule has 4 N–H and O–H groups in total. The number of nitrogens with zero attached hydrogens (tertiary/aromatic N) is 2. The second-order valence-electron chi connectivity index (χ2n) is 4.55. The summed E-state index contributed by atoms with van der Waals surface area (Å²) < 4.78 is 0. The first-order chi connectivity index (χ1) is 8.24. The molecule has 1 saturated carbocycles. The number of halogens is 1. The van der Waals surface area contributed by atoms with Gasteiger partial charge in [0.25, 0.3) is 0 Å². The molecule has 1 heterocycles. The standard InChI is InChI=1S/C12H18N4O.HI/c13-11(16-10-4-1-2-7-14-10)15-8-12(9-17)5-3-6-12;/h1-2,4,7,17H,3,5-6,8-9H2,(H3,13,14,15,16);1H. The number of hydrogen-bond acceptors (Lipinski definition) is 3. The fraction of sp³-hybridized carbons (Fsp3) is 0.500. The van der Waals surface area contributed by atoms with Crippen molar-refractivity contribution in [2.75, 3.05) is 18.5 Å². The van der Waals surface area contributed by atoms with Gasteiger partial charge in [0, 0.05) is 11.6 Å². The monoisotopic (exact) mass is 362 g/mol. The molecule has 18 heavy (non-hydrogen) atoms. The lowest BCUT2D eigenvalue weighted by molar-refractivity contribution is 0.0540. The van der Waals surface area contributed by atoms with Crippen molar-refractivity contribution in [3.8, 4) is 0 Å². The van der Waals surface area contributed by atoms with Gasteiger partial charge in [-0.05, 0) is 25.0 Å². The Bertz CT molecular complexity index is 387. The van der Waals surface area contributed by atoms with E-state index in [0.29, 0.717) is 18.3 Å². The Kier molecular flexibility index (Phi) is 5.80. The largest absolute Gasteiger partial charge is 0.396 e. The van der Waals surface area contributed by atoms with Gasteiger partial charge in [-0.2, -0.15) is 0 Å². The van der Waals surface area contributed by atoms with Gasteiger partial charge in [-0.1, -0.05) is 12.5 Å². The maximum Gasteiger partial charge on any atom is 0.194 e. The molecule has 100 valence electrons. The molecule has 0 radical (unpaired) electrons. The summed E-state index contributed by atoms with van der Waals surface area (Å²) in [5.41, 5.74) is 5.73. The Morgan fingerprint density at radius 1 is 1.50 bits per heavy atom. The summed E-state index contributed by atoms with van der Waals surface area (Å²) in [5.74, 6) is 1.03. The molecular formula is C12H19IN4O. The fourth-order valence-electron chi connectivity index (χ4n) is 1.90. The van der Waals surface area contributed by atoms with Crippen LogP contribution in [0.3, 0.4) is 0 Å². The Morgan fingerprint density at radius 3 is 2.78 bits per heavy atom. The topological polar surface area (TPSA) is 83.5 Å². The number of guanidine groups is 1. The lowest BCUT2D eigenvalue weighted by Crippen LogP contribution is -2.37. The molecule has 0 amide bonds. The number of hydrogen-bond donors (Lipinski definition) is 3. The smallest absolute Gasteiger partial charge is 0.194 e. The molecule has 1 fully saturated rings. The lowest BCUT2D eigenvalue weighted by Gasteiger charge is -2.38. The van der Waals surface area contributed by atoms with Crippen LogP contribution in [0.15, 0.2) is 29.4 Å². The SMILES string of the molecule is I.NC(=NCC1(CO)CCC1)Nc1ccccn1. The van der Waals surface area contributed by atoms with Crippen LogP contribution < -0.4 is 11.1 Å². The molecule has 1 aliphatic rings.